The first-order valence-electron chi connectivity index (χ1n) is 11.6. The van der Waals surface area contributed by atoms with E-state index in [1.807, 2.05) is 31.2 Å². The summed E-state index contributed by atoms with van der Waals surface area (Å²) in [7, 11) is 0. The molecule has 1 aliphatic rings. The summed E-state index contributed by atoms with van der Waals surface area (Å²) in [4.78, 5) is 35.8. The molecule has 34 heavy (non-hydrogen) atoms. The average molecular weight is 487 g/mol. The van der Waals surface area contributed by atoms with Crippen LogP contribution in [0.3, 0.4) is 0 Å². The number of aliphatic carboxylic acids is 1. The number of halogens is 1. The van der Waals surface area contributed by atoms with Crippen LogP contribution in [0.4, 0.5) is 0 Å². The Kier molecular flexibility index (Phi) is 9.48. The molecule has 7 nitrogen and oxygen atoms in total. The first-order chi connectivity index (χ1) is 16.3. The van der Waals surface area contributed by atoms with E-state index in [1.54, 1.807) is 12.1 Å². The maximum Gasteiger partial charge on any atom is 0.305 e. The van der Waals surface area contributed by atoms with E-state index < -0.39 is 5.97 Å². The number of hydrogen-bond acceptors (Lipinski definition) is 5. The van der Waals surface area contributed by atoms with Crippen molar-refractivity contribution in [3.8, 4) is 5.75 Å². The van der Waals surface area contributed by atoms with Gasteiger partial charge in [-0.3, -0.25) is 19.3 Å². The third kappa shape index (κ3) is 7.57. The molecule has 2 aromatic carbocycles. The van der Waals surface area contributed by atoms with Crippen molar-refractivity contribution >= 4 is 29.4 Å². The zero-order valence-corrected chi connectivity index (χ0v) is 20.1. The average Bonchev–Trinajstić information content (AvgIpc) is 3.12. The molecule has 1 saturated heterocycles. The number of nitrogens with zero attached hydrogens (tertiary/aromatic N) is 1. The van der Waals surface area contributed by atoms with E-state index >= 15 is 0 Å². The number of carboxylic acid groups (broad SMARTS) is 1. The molecule has 2 aromatic rings. The van der Waals surface area contributed by atoms with Crippen molar-refractivity contribution < 1.29 is 24.2 Å². The fraction of sp³-hybridized carbons (Fsp3) is 0.423. The van der Waals surface area contributed by atoms with Crippen molar-refractivity contribution in [3.05, 3.63) is 64.2 Å². The van der Waals surface area contributed by atoms with Gasteiger partial charge >= 0.3 is 5.97 Å². The SMILES string of the molecule is Cc1cc(CCCCN[C@H](CC(=O)O)c2ccc(Cl)cc2)ccc1OCCN1C(=O)CCC1=O. The Labute approximate surface area is 205 Å². The molecule has 1 atom stereocenters. The maximum absolute atomic E-state index is 11.7. The van der Waals surface area contributed by atoms with Crippen LogP contribution in [0.25, 0.3) is 0 Å². The van der Waals surface area contributed by atoms with Crippen LogP contribution in [0.2, 0.25) is 5.02 Å². The number of carbonyl (C=O) groups excluding carboxylic acids is 2. The van der Waals surface area contributed by atoms with Gasteiger partial charge in [-0.2, -0.15) is 0 Å². The van der Waals surface area contributed by atoms with Gasteiger partial charge < -0.3 is 15.2 Å². The van der Waals surface area contributed by atoms with E-state index in [0.717, 1.165) is 36.1 Å². The van der Waals surface area contributed by atoms with Gasteiger partial charge in [-0.15, -0.1) is 0 Å². The monoisotopic (exact) mass is 486 g/mol. The Hall–Kier alpha value is -2.90. The Morgan fingerprint density at radius 3 is 2.47 bits per heavy atom. The largest absolute Gasteiger partial charge is 0.491 e. The third-order valence-electron chi connectivity index (χ3n) is 5.90. The smallest absolute Gasteiger partial charge is 0.305 e. The van der Waals surface area contributed by atoms with Crippen molar-refractivity contribution in [2.45, 2.75) is 51.5 Å². The number of ether oxygens (including phenoxy) is 1. The van der Waals surface area contributed by atoms with Gasteiger partial charge in [-0.1, -0.05) is 35.9 Å². The van der Waals surface area contributed by atoms with Crippen molar-refractivity contribution in [2.75, 3.05) is 19.7 Å². The number of likely N-dealkylation sites (tertiary alicyclic amines) is 1. The normalized spacial score (nSPS) is 14.5. The van der Waals surface area contributed by atoms with Crippen LogP contribution in [-0.2, 0) is 20.8 Å². The molecule has 0 spiro atoms. The van der Waals surface area contributed by atoms with Crippen molar-refractivity contribution in [2.24, 2.45) is 0 Å². The number of aryl methyl sites for hydroxylation is 2. The molecule has 3 rings (SSSR count). The molecular formula is C26H31ClN2O5. The Morgan fingerprint density at radius 2 is 1.82 bits per heavy atom. The molecule has 1 fully saturated rings. The summed E-state index contributed by atoms with van der Waals surface area (Å²) < 4.78 is 5.79. The number of rotatable bonds is 13. The maximum atomic E-state index is 11.7. The lowest BCUT2D eigenvalue weighted by Gasteiger charge is -2.17. The van der Waals surface area contributed by atoms with Gasteiger partial charge in [0.1, 0.15) is 12.4 Å². The van der Waals surface area contributed by atoms with E-state index in [9.17, 15) is 19.5 Å². The lowest BCUT2D eigenvalue weighted by molar-refractivity contribution is -0.139. The van der Waals surface area contributed by atoms with Crippen LogP contribution in [0.15, 0.2) is 42.5 Å². The predicted octanol–water partition coefficient (Wildman–Crippen LogP) is 4.30. The fourth-order valence-corrected chi connectivity index (χ4v) is 4.18. The molecule has 0 aliphatic carbocycles. The Bertz CT molecular complexity index is 993. The third-order valence-corrected chi connectivity index (χ3v) is 6.15. The van der Waals surface area contributed by atoms with Crippen LogP contribution in [-0.4, -0.2) is 47.5 Å². The summed E-state index contributed by atoms with van der Waals surface area (Å²) >= 11 is 5.94. The highest BCUT2D eigenvalue weighted by molar-refractivity contribution is 6.30. The van der Waals surface area contributed by atoms with Crippen LogP contribution >= 0.6 is 11.6 Å². The van der Waals surface area contributed by atoms with Crippen LogP contribution < -0.4 is 10.1 Å². The molecule has 182 valence electrons. The Morgan fingerprint density at radius 1 is 1.12 bits per heavy atom. The minimum atomic E-state index is -0.844. The van der Waals surface area contributed by atoms with Gasteiger partial charge in [0.05, 0.1) is 13.0 Å². The fourth-order valence-electron chi connectivity index (χ4n) is 4.06. The minimum Gasteiger partial charge on any atom is -0.491 e. The summed E-state index contributed by atoms with van der Waals surface area (Å²) in [6.45, 7) is 3.27. The number of hydrogen-bond donors (Lipinski definition) is 2. The molecule has 0 bridgehead atoms. The number of carboxylic acids is 1. The summed E-state index contributed by atoms with van der Waals surface area (Å²) in [5.74, 6) is -0.344. The van der Waals surface area contributed by atoms with E-state index in [0.29, 0.717) is 24.4 Å². The molecular weight excluding hydrogens is 456 g/mol. The van der Waals surface area contributed by atoms with Crippen molar-refractivity contribution in [3.63, 3.8) is 0 Å². The van der Waals surface area contributed by atoms with Crippen LogP contribution in [0, 0.1) is 6.92 Å². The standard InChI is InChI=1S/C26H31ClN2O5/c1-18-16-19(5-10-23(18)34-15-14-29-24(30)11-12-25(29)31)4-2-3-13-28-22(17-26(32)33)20-6-8-21(27)9-7-20/h5-10,16,22,28H,2-4,11-15,17H2,1H3,(H,32,33)/t22-/m1/s1. The van der Waals surface area contributed by atoms with E-state index in [1.165, 1.54) is 10.5 Å². The summed E-state index contributed by atoms with van der Waals surface area (Å²) in [6, 6.07) is 13.1. The summed E-state index contributed by atoms with van der Waals surface area (Å²) in [5.41, 5.74) is 3.13. The van der Waals surface area contributed by atoms with Gasteiger partial charge in [-0.25, -0.2) is 0 Å². The van der Waals surface area contributed by atoms with Crippen LogP contribution in [0.1, 0.15) is 54.8 Å². The molecule has 0 aromatic heterocycles. The number of unbranched alkanes of at least 4 members (excludes halogenated alkanes) is 1. The van der Waals surface area contributed by atoms with Gasteiger partial charge in [0.15, 0.2) is 0 Å². The van der Waals surface area contributed by atoms with Gasteiger partial charge in [0.25, 0.3) is 0 Å². The quantitative estimate of drug-likeness (QED) is 0.323. The highest BCUT2D eigenvalue weighted by atomic mass is 35.5. The number of benzene rings is 2. The molecule has 0 unspecified atom stereocenters. The number of nitrogens with one attached hydrogen (secondary N) is 1. The van der Waals surface area contributed by atoms with E-state index in [2.05, 4.69) is 11.4 Å². The molecule has 0 radical (unpaired) electrons. The molecule has 2 amide bonds. The summed E-state index contributed by atoms with van der Waals surface area (Å²) in [5, 5.41) is 13.2. The molecule has 2 N–H and O–H groups in total. The van der Waals surface area contributed by atoms with Gasteiger partial charge in [0.2, 0.25) is 11.8 Å². The summed E-state index contributed by atoms with van der Waals surface area (Å²) in [6.07, 6.45) is 3.39. The van der Waals surface area contributed by atoms with Crippen LogP contribution in [0.5, 0.6) is 5.75 Å². The highest BCUT2D eigenvalue weighted by Crippen LogP contribution is 2.22. The second-order valence-corrected chi connectivity index (χ2v) is 8.94. The lowest BCUT2D eigenvalue weighted by atomic mass is 10.0. The van der Waals surface area contributed by atoms with Gasteiger partial charge in [0, 0.05) is 23.9 Å². The van der Waals surface area contributed by atoms with E-state index in [4.69, 9.17) is 16.3 Å². The molecule has 1 heterocycles. The zero-order chi connectivity index (χ0) is 24.5. The lowest BCUT2D eigenvalue weighted by Crippen LogP contribution is -2.33. The minimum absolute atomic E-state index is 0.0162. The first kappa shape index (κ1) is 25.7. The first-order valence-corrected chi connectivity index (χ1v) is 12.0. The zero-order valence-electron chi connectivity index (χ0n) is 19.4. The van der Waals surface area contributed by atoms with Crippen molar-refractivity contribution in [1.82, 2.24) is 10.2 Å². The van der Waals surface area contributed by atoms with Crippen molar-refractivity contribution in [1.29, 1.82) is 0 Å². The van der Waals surface area contributed by atoms with E-state index in [-0.39, 0.29) is 37.4 Å². The number of amides is 2. The second-order valence-electron chi connectivity index (χ2n) is 8.50. The molecule has 8 heteroatoms. The van der Waals surface area contributed by atoms with Gasteiger partial charge in [-0.05, 0) is 67.6 Å². The molecule has 1 aliphatic heterocycles. The number of imide groups is 1. The predicted molar refractivity (Wildman–Crippen MR) is 130 cm³/mol. The molecule has 0 saturated carbocycles. The second kappa shape index (κ2) is 12.5. The topological polar surface area (TPSA) is 95.9 Å². The Balaban J connectivity index is 1.40. The number of carbonyl (C=O) groups is 3. The highest BCUT2D eigenvalue weighted by Gasteiger charge is 2.28.